The maximum Gasteiger partial charge on any atom is 0.411 e. The van der Waals surface area contributed by atoms with Crippen molar-refractivity contribution in [1.29, 1.82) is 0 Å². The van der Waals surface area contributed by atoms with Crippen molar-refractivity contribution in [2.75, 3.05) is 45.7 Å². The smallest absolute Gasteiger partial charge is 0.411 e. The second-order valence-corrected chi connectivity index (χ2v) is 15.7. The molecule has 0 unspecified atom stereocenters. The molecule has 1 aromatic heterocycles. The minimum Gasteiger partial charge on any atom is -0.506 e. The molecule has 0 saturated carbocycles. The lowest BCUT2D eigenvalue weighted by Gasteiger charge is -2.31. The van der Waals surface area contributed by atoms with Gasteiger partial charge in [0.2, 0.25) is 11.5 Å². The zero-order valence-corrected chi connectivity index (χ0v) is 34.9. The molecule has 1 aliphatic rings. The Morgan fingerprint density at radius 2 is 1.69 bits per heavy atom. The fraction of sp³-hybridized carbons (Fsp3) is 0.375. The predicted molar refractivity (Wildman–Crippen MR) is 241 cm³/mol. The Bertz CT molecular complexity index is 2330. The summed E-state index contributed by atoms with van der Waals surface area (Å²) in [6, 6.07) is 27.2. The van der Waals surface area contributed by atoms with Gasteiger partial charge in [0, 0.05) is 74.5 Å². The number of phenolic OH excluding ortho intramolecular Hbond substituents is 1. The van der Waals surface area contributed by atoms with Crippen molar-refractivity contribution < 1.29 is 34.1 Å². The number of carbonyl (C=O) groups excluding carboxylic acids is 3. The van der Waals surface area contributed by atoms with E-state index < -0.39 is 12.2 Å². The molecule has 1 fully saturated rings. The Morgan fingerprint density at radius 3 is 2.44 bits per heavy atom. The van der Waals surface area contributed by atoms with Crippen LogP contribution in [0.3, 0.4) is 0 Å². The molecule has 0 spiro atoms. The number of hydrogen-bond acceptors (Lipinski definition) is 9. The maximum atomic E-state index is 13.0. The molecule has 12 nitrogen and oxygen atoms in total. The van der Waals surface area contributed by atoms with Crippen LogP contribution in [-0.2, 0) is 27.2 Å². The molecule has 4 N–H and O–H groups in total. The molecule has 2 amide bonds. The third-order valence-electron chi connectivity index (χ3n) is 11.1. The quantitative estimate of drug-likeness (QED) is 0.0676. The number of nitrogens with one attached hydrogen (secondary N) is 2. The number of aromatic nitrogens is 1. The highest BCUT2D eigenvalue weighted by Gasteiger charge is 2.24. The molecule has 6 rings (SSSR count). The summed E-state index contributed by atoms with van der Waals surface area (Å²) in [4.78, 5) is 57.0. The molecular formula is C48H57ClN4O8. The number of ether oxygens (including phenoxy) is 2. The number of halogens is 1. The molecule has 1 aliphatic heterocycles. The monoisotopic (exact) mass is 852 g/mol. The normalized spacial score (nSPS) is 13.6. The van der Waals surface area contributed by atoms with Crippen molar-refractivity contribution in [3.63, 3.8) is 0 Å². The van der Waals surface area contributed by atoms with Crippen LogP contribution in [0.25, 0.3) is 22.0 Å². The lowest BCUT2D eigenvalue weighted by molar-refractivity contribution is -0.130. The first kappa shape index (κ1) is 46.4. The van der Waals surface area contributed by atoms with Crippen LogP contribution in [0.15, 0.2) is 95.8 Å². The number of piperidine rings is 1. The van der Waals surface area contributed by atoms with E-state index in [1.807, 2.05) is 60.7 Å². The first-order chi connectivity index (χ1) is 29.0. The number of phenols is 1. The number of amides is 2. The van der Waals surface area contributed by atoms with E-state index in [0.717, 1.165) is 29.8 Å². The van der Waals surface area contributed by atoms with E-state index in [1.165, 1.54) is 12.1 Å². The lowest BCUT2D eigenvalue weighted by Crippen LogP contribution is -2.40. The number of benzene rings is 4. The standard InChI is InChI=1S/C47H53ClN4O8.CH4/c1-51(45(57)23-27-52-25-21-35(22-26-52)60-47(58)49-40-15-7-6-14-36(40)31-10-4-3-5-11-31)24-9-13-34(53)28-33-30-43(59-2)32(29-39(33)48)12-8-16-41(54)37-17-19-42(55)46-38(37)18-20-44(56)50-46;/h3-7,10-11,14-15,17-20,29-30,35,41,54-55H,8-9,12-13,16,21-28H2,1-2H3,(H,49,58)(H,50,56);1H4/t41-;/m0./s1. The Morgan fingerprint density at radius 1 is 0.951 bits per heavy atom. The number of rotatable bonds is 18. The number of pyridine rings is 1. The average molecular weight is 853 g/mol. The third kappa shape index (κ3) is 12.7. The van der Waals surface area contributed by atoms with Crippen LogP contribution in [0, 0.1) is 0 Å². The number of nitrogens with zero attached hydrogens (tertiary/aromatic N) is 2. The van der Waals surface area contributed by atoms with Crippen LogP contribution in [-0.4, -0.2) is 89.2 Å². The Labute approximate surface area is 362 Å². The van der Waals surface area contributed by atoms with Crippen LogP contribution in [0.5, 0.6) is 11.5 Å². The van der Waals surface area contributed by atoms with Gasteiger partial charge in [0.05, 0.1) is 24.4 Å². The lowest BCUT2D eigenvalue weighted by atomic mass is 9.96. The highest BCUT2D eigenvalue weighted by Crippen LogP contribution is 2.33. The van der Waals surface area contributed by atoms with Crippen LogP contribution in [0.1, 0.15) is 75.2 Å². The molecule has 0 bridgehead atoms. The molecule has 5 aromatic rings. The number of hydrogen-bond donors (Lipinski definition) is 4. The summed E-state index contributed by atoms with van der Waals surface area (Å²) in [5, 5.41) is 25.1. The fourth-order valence-corrected chi connectivity index (χ4v) is 7.99. The molecule has 4 aromatic carbocycles. The largest absolute Gasteiger partial charge is 0.506 e. The van der Waals surface area contributed by atoms with E-state index in [9.17, 15) is 29.4 Å². The maximum absolute atomic E-state index is 13.0. The van der Waals surface area contributed by atoms with Gasteiger partial charge in [0.1, 0.15) is 23.4 Å². The molecule has 61 heavy (non-hydrogen) atoms. The first-order valence-corrected chi connectivity index (χ1v) is 20.8. The summed E-state index contributed by atoms with van der Waals surface area (Å²) in [5.74, 6) is 0.573. The average Bonchev–Trinajstić information content (AvgIpc) is 3.24. The van der Waals surface area contributed by atoms with Gasteiger partial charge in [-0.1, -0.05) is 73.6 Å². The number of fused-ring (bicyclic) bond motifs is 1. The number of likely N-dealkylation sites (tertiary alicyclic amines) is 1. The van der Waals surface area contributed by atoms with Gasteiger partial charge in [-0.3, -0.25) is 19.7 Å². The number of methoxy groups -OCH3 is 1. The van der Waals surface area contributed by atoms with Gasteiger partial charge >= 0.3 is 6.09 Å². The second-order valence-electron chi connectivity index (χ2n) is 15.3. The van der Waals surface area contributed by atoms with E-state index in [1.54, 1.807) is 37.3 Å². The molecule has 0 radical (unpaired) electrons. The van der Waals surface area contributed by atoms with Crippen molar-refractivity contribution in [2.24, 2.45) is 0 Å². The number of aromatic amines is 1. The summed E-state index contributed by atoms with van der Waals surface area (Å²) in [7, 11) is 3.32. The second kappa shape index (κ2) is 22.2. The predicted octanol–water partition coefficient (Wildman–Crippen LogP) is 8.71. The van der Waals surface area contributed by atoms with E-state index in [-0.39, 0.29) is 48.5 Å². The van der Waals surface area contributed by atoms with Gasteiger partial charge in [-0.05, 0) is 91.1 Å². The number of aromatic hydroxyl groups is 1. The molecule has 2 heterocycles. The Kier molecular flexibility index (Phi) is 16.9. The zero-order chi connectivity index (χ0) is 42.6. The SMILES string of the molecule is C.COc1cc(CC(=O)CCCN(C)C(=O)CCN2CCC(OC(=O)Nc3ccccc3-c3ccccc3)CC2)c(Cl)cc1CCC[C@H](O)c1ccc(O)c2[nH]c(=O)ccc12. The highest BCUT2D eigenvalue weighted by atomic mass is 35.5. The summed E-state index contributed by atoms with van der Waals surface area (Å²) in [6.45, 7) is 2.53. The van der Waals surface area contributed by atoms with E-state index >= 15 is 0 Å². The number of aryl methyl sites for hydroxylation is 1. The molecule has 13 heteroatoms. The van der Waals surface area contributed by atoms with E-state index in [0.29, 0.717) is 97.4 Å². The van der Waals surface area contributed by atoms with Crippen molar-refractivity contribution in [3.05, 3.63) is 123 Å². The number of aliphatic hydroxyl groups excluding tert-OH is 1. The van der Waals surface area contributed by atoms with Gasteiger partial charge in [-0.15, -0.1) is 0 Å². The van der Waals surface area contributed by atoms with Crippen LogP contribution in [0.4, 0.5) is 10.5 Å². The van der Waals surface area contributed by atoms with Crippen LogP contribution in [0.2, 0.25) is 5.02 Å². The van der Waals surface area contributed by atoms with Gasteiger partial charge in [0.15, 0.2) is 0 Å². The van der Waals surface area contributed by atoms with Crippen molar-refractivity contribution in [3.8, 4) is 22.6 Å². The van der Waals surface area contributed by atoms with Gasteiger partial charge < -0.3 is 34.5 Å². The van der Waals surface area contributed by atoms with Crippen molar-refractivity contribution >= 4 is 46.0 Å². The Hall–Kier alpha value is -5.69. The van der Waals surface area contributed by atoms with Gasteiger partial charge in [0.25, 0.3) is 0 Å². The molecule has 324 valence electrons. The molecule has 1 atom stereocenters. The summed E-state index contributed by atoms with van der Waals surface area (Å²) >= 11 is 6.65. The Balaban J connectivity index is 0.00000704. The van der Waals surface area contributed by atoms with E-state index in [2.05, 4.69) is 15.2 Å². The van der Waals surface area contributed by atoms with Crippen LogP contribution < -0.4 is 15.6 Å². The molecular weight excluding hydrogens is 796 g/mol. The number of aliphatic hydroxyl groups is 1. The first-order valence-electron chi connectivity index (χ1n) is 20.5. The van der Waals surface area contributed by atoms with Gasteiger partial charge in [-0.2, -0.15) is 0 Å². The zero-order valence-electron chi connectivity index (χ0n) is 34.1. The van der Waals surface area contributed by atoms with Gasteiger partial charge in [-0.25, -0.2) is 4.79 Å². The third-order valence-corrected chi connectivity index (χ3v) is 11.5. The molecule has 1 saturated heterocycles. The fourth-order valence-electron chi connectivity index (χ4n) is 7.74. The number of para-hydroxylation sites is 1. The van der Waals surface area contributed by atoms with E-state index in [4.69, 9.17) is 21.1 Å². The summed E-state index contributed by atoms with van der Waals surface area (Å²) in [5.41, 5.74) is 4.70. The summed E-state index contributed by atoms with van der Waals surface area (Å²) in [6.07, 6.45) is 2.80. The number of ketones is 1. The number of carbonyl (C=O) groups is 3. The summed E-state index contributed by atoms with van der Waals surface area (Å²) < 4.78 is 11.4. The minimum absolute atomic E-state index is 0. The minimum atomic E-state index is -0.825. The topological polar surface area (TPSA) is 162 Å². The highest BCUT2D eigenvalue weighted by molar-refractivity contribution is 6.31. The number of Topliss-reactive ketones (excluding diaryl/α,β-unsaturated/α-hetero) is 1. The van der Waals surface area contributed by atoms with Crippen molar-refractivity contribution in [2.45, 2.75) is 77.4 Å². The number of anilines is 1. The number of H-pyrrole nitrogens is 1. The molecule has 0 aliphatic carbocycles. The van der Waals surface area contributed by atoms with Crippen LogP contribution >= 0.6 is 11.6 Å². The van der Waals surface area contributed by atoms with Crippen molar-refractivity contribution in [1.82, 2.24) is 14.8 Å².